The third-order valence-corrected chi connectivity index (χ3v) is 5.83. The van der Waals surface area contributed by atoms with E-state index in [1.165, 1.54) is 10.9 Å². The third kappa shape index (κ3) is 4.00. The number of oxazole rings is 1. The summed E-state index contributed by atoms with van der Waals surface area (Å²) in [6.07, 6.45) is 1.33. The molecule has 0 saturated carbocycles. The van der Waals surface area contributed by atoms with Crippen LogP contribution < -0.4 is 5.32 Å². The molecule has 0 unspecified atom stereocenters. The minimum absolute atomic E-state index is 0.0272. The molecule has 0 radical (unpaired) electrons. The van der Waals surface area contributed by atoms with Crippen molar-refractivity contribution < 1.29 is 14.3 Å². The van der Waals surface area contributed by atoms with Crippen molar-refractivity contribution in [1.29, 1.82) is 0 Å². The molecular formula is C28H17N7O3. The molecule has 6 rings (SSSR count). The molecule has 10 nitrogen and oxygen atoms in total. The molecule has 0 aliphatic rings. The molecule has 6 aromatic rings. The summed E-state index contributed by atoms with van der Waals surface area (Å²) in [6, 6.07) is 25.0. The van der Waals surface area contributed by atoms with E-state index in [9.17, 15) is 9.90 Å². The quantitative estimate of drug-likeness (QED) is 0.194. The first-order chi connectivity index (χ1) is 18.6. The van der Waals surface area contributed by atoms with Gasteiger partial charge in [0.15, 0.2) is 17.2 Å². The summed E-state index contributed by atoms with van der Waals surface area (Å²) < 4.78 is 7.05. The Hall–Kier alpha value is -5.82. The first-order valence-corrected chi connectivity index (χ1v) is 11.5. The number of fused-ring (bicyclic) bond motifs is 2. The van der Waals surface area contributed by atoms with E-state index in [0.29, 0.717) is 27.6 Å². The van der Waals surface area contributed by atoms with Gasteiger partial charge in [0.25, 0.3) is 11.6 Å². The van der Waals surface area contributed by atoms with Crippen molar-refractivity contribution in [3.05, 3.63) is 108 Å². The molecule has 0 bridgehead atoms. The van der Waals surface area contributed by atoms with Gasteiger partial charge >= 0.3 is 6.01 Å². The standard InChI is InChI=1S/C28H17N7O3/c1-29-22-16-30-35(28-32-21-13-7-8-14-23(21)38-28)26(22)34-33-24-19-12-6-5-9-17(19)15-20(25(24)36)27(37)31-18-10-3-2-4-11-18/h2-16,36H,(H,31,37). The summed E-state index contributed by atoms with van der Waals surface area (Å²) in [5.74, 6) is -0.790. The molecule has 182 valence electrons. The molecule has 2 N–H and O–H groups in total. The average molecular weight is 499 g/mol. The van der Waals surface area contributed by atoms with Gasteiger partial charge in [0.05, 0.1) is 18.3 Å². The van der Waals surface area contributed by atoms with E-state index >= 15 is 0 Å². The number of hydrogen-bond donors (Lipinski definition) is 2. The average Bonchev–Trinajstić information content (AvgIpc) is 3.56. The van der Waals surface area contributed by atoms with Crippen LogP contribution >= 0.6 is 0 Å². The lowest BCUT2D eigenvalue weighted by Gasteiger charge is -2.11. The first kappa shape index (κ1) is 22.6. The fourth-order valence-electron chi connectivity index (χ4n) is 4.01. The number of rotatable bonds is 5. The van der Waals surface area contributed by atoms with E-state index in [1.807, 2.05) is 24.3 Å². The van der Waals surface area contributed by atoms with Gasteiger partial charge < -0.3 is 14.8 Å². The number of hydrogen-bond acceptors (Lipinski definition) is 7. The summed E-state index contributed by atoms with van der Waals surface area (Å²) in [5, 5.41) is 27.9. The van der Waals surface area contributed by atoms with Crippen LogP contribution in [0.2, 0.25) is 0 Å². The number of phenolic OH excluding ortho intramolecular Hbond substituents is 1. The lowest BCUT2D eigenvalue weighted by molar-refractivity contribution is 0.102. The summed E-state index contributed by atoms with van der Waals surface area (Å²) in [6.45, 7) is 7.54. The Morgan fingerprint density at radius 3 is 2.58 bits per heavy atom. The Morgan fingerprint density at radius 2 is 1.76 bits per heavy atom. The number of azo groups is 1. The van der Waals surface area contributed by atoms with Crippen molar-refractivity contribution >= 4 is 50.7 Å². The van der Waals surface area contributed by atoms with Gasteiger partial charge in [-0.05, 0) is 35.7 Å². The highest BCUT2D eigenvalue weighted by Crippen LogP contribution is 2.41. The molecule has 2 heterocycles. The number of carbonyl (C=O) groups excluding carboxylic acids is 1. The fourth-order valence-corrected chi connectivity index (χ4v) is 4.01. The number of aromatic hydroxyl groups is 1. The van der Waals surface area contributed by atoms with Gasteiger partial charge in [-0.25, -0.2) is 4.85 Å². The predicted octanol–water partition coefficient (Wildman–Crippen LogP) is 7.09. The number of amides is 1. The van der Waals surface area contributed by atoms with Gasteiger partial charge in [-0.15, -0.1) is 10.2 Å². The number of nitrogens with zero attached hydrogens (tertiary/aromatic N) is 6. The maximum atomic E-state index is 13.1. The van der Waals surface area contributed by atoms with Crippen LogP contribution in [0.3, 0.4) is 0 Å². The summed E-state index contributed by atoms with van der Waals surface area (Å²) in [5.41, 5.74) is 1.95. The highest BCUT2D eigenvalue weighted by atomic mass is 16.4. The Kier molecular flexibility index (Phi) is 5.56. The van der Waals surface area contributed by atoms with Crippen molar-refractivity contribution in [1.82, 2.24) is 14.8 Å². The number of benzene rings is 4. The highest BCUT2D eigenvalue weighted by molar-refractivity contribution is 6.11. The van der Waals surface area contributed by atoms with E-state index in [2.05, 4.69) is 30.5 Å². The molecule has 0 atom stereocenters. The van der Waals surface area contributed by atoms with Gasteiger partial charge in [-0.3, -0.25) is 4.79 Å². The zero-order valence-electron chi connectivity index (χ0n) is 19.6. The molecular weight excluding hydrogens is 482 g/mol. The normalized spacial score (nSPS) is 11.2. The Labute approximate surface area is 215 Å². The minimum atomic E-state index is -0.505. The minimum Gasteiger partial charge on any atom is -0.505 e. The van der Waals surface area contributed by atoms with Crippen LogP contribution in [-0.4, -0.2) is 25.8 Å². The van der Waals surface area contributed by atoms with Crippen molar-refractivity contribution in [2.24, 2.45) is 10.2 Å². The number of anilines is 1. The van der Waals surface area contributed by atoms with E-state index in [1.54, 1.807) is 60.7 Å². The van der Waals surface area contributed by atoms with E-state index in [0.717, 1.165) is 0 Å². The monoisotopic (exact) mass is 499 g/mol. The van der Waals surface area contributed by atoms with Gasteiger partial charge in [0.1, 0.15) is 11.2 Å². The molecule has 4 aromatic carbocycles. The number of aromatic nitrogens is 3. The van der Waals surface area contributed by atoms with Crippen LogP contribution in [0.5, 0.6) is 5.75 Å². The van der Waals surface area contributed by atoms with Crippen LogP contribution in [-0.2, 0) is 0 Å². The zero-order valence-corrected chi connectivity index (χ0v) is 19.6. The van der Waals surface area contributed by atoms with Crippen LogP contribution in [0.4, 0.5) is 22.9 Å². The van der Waals surface area contributed by atoms with Gasteiger partial charge in [-0.2, -0.15) is 14.8 Å². The Bertz CT molecular complexity index is 1870. The van der Waals surface area contributed by atoms with Crippen molar-refractivity contribution in [3.63, 3.8) is 0 Å². The number of phenols is 1. The summed E-state index contributed by atoms with van der Waals surface area (Å²) in [7, 11) is 0. The maximum absolute atomic E-state index is 13.1. The smallest absolute Gasteiger partial charge is 0.324 e. The van der Waals surface area contributed by atoms with Gasteiger partial charge in [0.2, 0.25) is 0 Å². The molecule has 0 saturated heterocycles. The number of para-hydroxylation sites is 3. The molecule has 0 aliphatic heterocycles. The molecule has 1 amide bonds. The fraction of sp³-hybridized carbons (Fsp3) is 0. The number of carbonyl (C=O) groups is 1. The second kappa shape index (κ2) is 9.33. The Balaban J connectivity index is 1.45. The maximum Gasteiger partial charge on any atom is 0.324 e. The first-order valence-electron chi connectivity index (χ1n) is 11.5. The summed E-state index contributed by atoms with van der Waals surface area (Å²) >= 11 is 0. The summed E-state index contributed by atoms with van der Waals surface area (Å²) in [4.78, 5) is 21.0. The topological polar surface area (TPSA) is 122 Å². The SMILES string of the molecule is [C-]#[N+]c1cnn(-c2nc3ccccc3o2)c1N=Nc1c(O)c(C(=O)Nc2ccccc2)cc2ccccc12. The van der Waals surface area contributed by atoms with Crippen LogP contribution in [0, 0.1) is 6.57 Å². The van der Waals surface area contributed by atoms with Crippen molar-refractivity contribution in [3.8, 4) is 11.8 Å². The van der Waals surface area contributed by atoms with Gasteiger partial charge in [0, 0.05) is 11.1 Å². The molecule has 38 heavy (non-hydrogen) atoms. The molecule has 10 heteroatoms. The molecule has 0 fully saturated rings. The number of nitrogens with one attached hydrogen (secondary N) is 1. The molecule has 2 aromatic heterocycles. The third-order valence-electron chi connectivity index (χ3n) is 5.83. The Morgan fingerprint density at radius 1 is 1.00 bits per heavy atom. The van der Waals surface area contributed by atoms with E-state index < -0.39 is 5.91 Å². The van der Waals surface area contributed by atoms with Crippen LogP contribution in [0.1, 0.15) is 10.4 Å². The highest BCUT2D eigenvalue weighted by Gasteiger charge is 2.20. The van der Waals surface area contributed by atoms with Gasteiger partial charge in [-0.1, -0.05) is 54.6 Å². The predicted molar refractivity (Wildman–Crippen MR) is 142 cm³/mol. The largest absolute Gasteiger partial charge is 0.505 e. The lowest BCUT2D eigenvalue weighted by Crippen LogP contribution is -2.12. The van der Waals surface area contributed by atoms with E-state index in [4.69, 9.17) is 11.0 Å². The van der Waals surface area contributed by atoms with Crippen molar-refractivity contribution in [2.75, 3.05) is 5.32 Å². The van der Waals surface area contributed by atoms with Crippen molar-refractivity contribution in [2.45, 2.75) is 0 Å². The van der Waals surface area contributed by atoms with Crippen LogP contribution in [0.25, 0.3) is 32.7 Å². The second-order valence-corrected chi connectivity index (χ2v) is 8.20. The molecule has 0 spiro atoms. The zero-order chi connectivity index (χ0) is 26.1. The molecule has 0 aliphatic carbocycles. The van der Waals surface area contributed by atoms with E-state index in [-0.39, 0.29) is 34.5 Å². The second-order valence-electron chi connectivity index (χ2n) is 8.20. The van der Waals surface area contributed by atoms with Crippen LogP contribution in [0.15, 0.2) is 106 Å². The lowest BCUT2D eigenvalue weighted by atomic mass is 10.0.